The minimum absolute atomic E-state index is 0.162. The molecule has 2 heterocycles. The lowest BCUT2D eigenvalue weighted by Crippen LogP contribution is -2.40. The first-order valence-corrected chi connectivity index (χ1v) is 8.96. The highest BCUT2D eigenvalue weighted by Crippen LogP contribution is 2.32. The van der Waals surface area contributed by atoms with Crippen LogP contribution in [0.5, 0.6) is 5.75 Å². The molecule has 26 heavy (non-hydrogen) atoms. The minimum Gasteiger partial charge on any atom is -0.497 e. The number of urea groups is 1. The van der Waals surface area contributed by atoms with Crippen molar-refractivity contribution in [3.63, 3.8) is 0 Å². The Morgan fingerprint density at radius 1 is 1.15 bits per heavy atom. The van der Waals surface area contributed by atoms with Gasteiger partial charge in [0, 0.05) is 0 Å². The first-order chi connectivity index (χ1) is 12.5. The third kappa shape index (κ3) is 2.61. The number of methoxy groups -OCH3 is 1. The number of hydrogen-bond donors (Lipinski definition) is 1. The van der Waals surface area contributed by atoms with Gasteiger partial charge in [0.15, 0.2) is 0 Å². The number of benzene rings is 2. The number of hydrogen-bond acceptors (Lipinski definition) is 5. The van der Waals surface area contributed by atoms with Gasteiger partial charge in [-0.15, -0.1) is 11.3 Å². The van der Waals surface area contributed by atoms with Crippen LogP contribution in [-0.4, -0.2) is 28.9 Å². The second-order valence-electron chi connectivity index (χ2n) is 6.25. The van der Waals surface area contributed by atoms with E-state index in [0.717, 1.165) is 15.2 Å². The predicted molar refractivity (Wildman–Crippen MR) is 99.0 cm³/mol. The van der Waals surface area contributed by atoms with Gasteiger partial charge < -0.3 is 10.1 Å². The number of imide groups is 1. The molecule has 2 aromatic carbocycles. The van der Waals surface area contributed by atoms with Crippen LogP contribution >= 0.6 is 11.3 Å². The number of carbonyl (C=O) groups is 2. The van der Waals surface area contributed by atoms with Crippen molar-refractivity contribution in [1.82, 2.24) is 15.2 Å². The zero-order valence-electron chi connectivity index (χ0n) is 14.4. The highest BCUT2D eigenvalue weighted by atomic mass is 32.1. The van der Waals surface area contributed by atoms with Crippen LogP contribution in [0.1, 0.15) is 17.5 Å². The Balaban J connectivity index is 1.61. The zero-order valence-corrected chi connectivity index (χ0v) is 15.2. The number of aromatic nitrogens is 1. The molecule has 6 nitrogen and oxygen atoms in total. The topological polar surface area (TPSA) is 71.5 Å². The van der Waals surface area contributed by atoms with E-state index in [1.54, 1.807) is 38.3 Å². The number of amides is 3. The lowest BCUT2D eigenvalue weighted by Gasteiger charge is -2.22. The molecular weight excluding hydrogens is 350 g/mol. The summed E-state index contributed by atoms with van der Waals surface area (Å²) >= 11 is 1.49. The molecule has 132 valence electrons. The summed E-state index contributed by atoms with van der Waals surface area (Å²) in [6.07, 6.45) is 0. The van der Waals surface area contributed by atoms with Crippen LogP contribution in [0.3, 0.4) is 0 Å². The average molecular weight is 367 g/mol. The van der Waals surface area contributed by atoms with E-state index in [0.29, 0.717) is 11.3 Å². The summed E-state index contributed by atoms with van der Waals surface area (Å²) < 4.78 is 6.19. The molecule has 0 saturated carbocycles. The Kier molecular flexibility index (Phi) is 3.88. The van der Waals surface area contributed by atoms with Crippen molar-refractivity contribution in [3.05, 3.63) is 59.1 Å². The number of para-hydroxylation sites is 1. The van der Waals surface area contributed by atoms with Crippen molar-refractivity contribution >= 4 is 33.5 Å². The Bertz CT molecular complexity index is 966. The van der Waals surface area contributed by atoms with Crippen molar-refractivity contribution in [1.29, 1.82) is 0 Å². The van der Waals surface area contributed by atoms with Crippen molar-refractivity contribution in [2.24, 2.45) is 0 Å². The molecule has 1 N–H and O–H groups in total. The maximum absolute atomic E-state index is 13.0. The number of nitrogens with zero attached hydrogens (tertiary/aromatic N) is 2. The number of carbonyl (C=O) groups excluding carboxylic acids is 2. The van der Waals surface area contributed by atoms with Crippen LogP contribution in [0, 0.1) is 0 Å². The fraction of sp³-hybridized carbons (Fsp3) is 0.211. The zero-order chi connectivity index (χ0) is 18.3. The largest absolute Gasteiger partial charge is 0.497 e. The molecule has 0 spiro atoms. The van der Waals surface area contributed by atoms with Crippen molar-refractivity contribution in [2.45, 2.75) is 19.0 Å². The van der Waals surface area contributed by atoms with Gasteiger partial charge >= 0.3 is 6.03 Å². The second-order valence-corrected chi connectivity index (χ2v) is 7.37. The summed E-state index contributed by atoms with van der Waals surface area (Å²) in [6, 6.07) is 14.5. The van der Waals surface area contributed by atoms with Crippen LogP contribution < -0.4 is 10.1 Å². The summed E-state index contributed by atoms with van der Waals surface area (Å²) in [5.41, 5.74) is 0.487. The highest BCUT2D eigenvalue weighted by molar-refractivity contribution is 7.18. The summed E-state index contributed by atoms with van der Waals surface area (Å²) in [5.74, 6) is 0.410. The van der Waals surface area contributed by atoms with Gasteiger partial charge in [-0.05, 0) is 36.8 Å². The predicted octanol–water partition coefficient (Wildman–Crippen LogP) is 3.27. The smallest absolute Gasteiger partial charge is 0.325 e. The first kappa shape index (κ1) is 16.5. The molecule has 3 aromatic rings. The minimum atomic E-state index is -1.10. The fourth-order valence-corrected chi connectivity index (χ4v) is 4.04. The van der Waals surface area contributed by atoms with E-state index in [-0.39, 0.29) is 12.5 Å². The second kappa shape index (κ2) is 6.10. The molecule has 1 aliphatic rings. The van der Waals surface area contributed by atoms with Crippen LogP contribution in [0.15, 0.2) is 48.5 Å². The monoisotopic (exact) mass is 367 g/mol. The maximum Gasteiger partial charge on any atom is 0.325 e. The molecule has 3 amide bonds. The van der Waals surface area contributed by atoms with Crippen molar-refractivity contribution in [3.8, 4) is 5.75 Å². The van der Waals surface area contributed by atoms with Gasteiger partial charge in [0.1, 0.15) is 16.3 Å². The van der Waals surface area contributed by atoms with Crippen molar-refractivity contribution < 1.29 is 14.3 Å². The molecule has 1 fully saturated rings. The molecule has 0 unspecified atom stereocenters. The van der Waals surface area contributed by atoms with Gasteiger partial charge in [-0.1, -0.05) is 24.3 Å². The van der Waals surface area contributed by atoms with Gasteiger partial charge in [-0.25, -0.2) is 9.78 Å². The van der Waals surface area contributed by atoms with Crippen LogP contribution in [0.4, 0.5) is 4.79 Å². The van der Waals surface area contributed by atoms with Gasteiger partial charge in [-0.3, -0.25) is 9.69 Å². The van der Waals surface area contributed by atoms with E-state index >= 15 is 0 Å². The normalized spacial score (nSPS) is 19.8. The Hall–Kier alpha value is -2.93. The van der Waals surface area contributed by atoms with E-state index < -0.39 is 11.6 Å². The molecule has 0 radical (unpaired) electrons. The molecule has 0 aliphatic carbocycles. The average Bonchev–Trinajstić information content (AvgIpc) is 3.16. The molecule has 1 saturated heterocycles. The third-order valence-electron chi connectivity index (χ3n) is 4.57. The highest BCUT2D eigenvalue weighted by Gasteiger charge is 2.49. The van der Waals surface area contributed by atoms with Gasteiger partial charge in [0.25, 0.3) is 5.91 Å². The SMILES string of the molecule is COc1ccc([C@@]2(C)NC(=O)N(Cc3nc4ccccc4s3)C2=O)cc1. The summed E-state index contributed by atoms with van der Waals surface area (Å²) in [6.45, 7) is 1.88. The number of fused-ring (bicyclic) bond motifs is 1. The Morgan fingerprint density at radius 2 is 1.88 bits per heavy atom. The fourth-order valence-electron chi connectivity index (χ4n) is 3.08. The molecule has 1 aliphatic heterocycles. The number of ether oxygens (including phenoxy) is 1. The molecule has 0 bridgehead atoms. The Morgan fingerprint density at radius 3 is 2.58 bits per heavy atom. The summed E-state index contributed by atoms with van der Waals surface area (Å²) in [4.78, 5) is 31.2. The quantitative estimate of drug-likeness (QED) is 0.719. The van der Waals surface area contributed by atoms with E-state index in [4.69, 9.17) is 4.74 Å². The lowest BCUT2D eigenvalue weighted by atomic mass is 9.92. The van der Waals surface area contributed by atoms with E-state index in [1.807, 2.05) is 24.3 Å². The van der Waals surface area contributed by atoms with Crippen LogP contribution in [0.25, 0.3) is 10.2 Å². The standard InChI is InChI=1S/C19H17N3O3S/c1-19(12-7-9-13(25-2)10-8-12)17(23)22(18(24)21-19)11-16-20-14-5-3-4-6-15(14)26-16/h3-10H,11H2,1-2H3,(H,21,24)/t19-/m1/s1. The summed E-state index contributed by atoms with van der Waals surface area (Å²) in [7, 11) is 1.58. The van der Waals surface area contributed by atoms with Crippen LogP contribution in [-0.2, 0) is 16.9 Å². The molecule has 1 aromatic heterocycles. The van der Waals surface area contributed by atoms with E-state index in [2.05, 4.69) is 10.3 Å². The van der Waals surface area contributed by atoms with Crippen LogP contribution in [0.2, 0.25) is 0 Å². The molecule has 4 rings (SSSR count). The van der Waals surface area contributed by atoms with E-state index in [1.165, 1.54) is 16.2 Å². The lowest BCUT2D eigenvalue weighted by molar-refractivity contribution is -0.131. The third-order valence-corrected chi connectivity index (χ3v) is 5.60. The molecule has 1 atom stereocenters. The molecule has 7 heteroatoms. The van der Waals surface area contributed by atoms with E-state index in [9.17, 15) is 9.59 Å². The maximum atomic E-state index is 13.0. The Labute approximate surface area is 154 Å². The van der Waals surface area contributed by atoms with Gasteiger partial charge in [0.2, 0.25) is 0 Å². The van der Waals surface area contributed by atoms with Crippen molar-refractivity contribution in [2.75, 3.05) is 7.11 Å². The van der Waals surface area contributed by atoms with Gasteiger partial charge in [0.05, 0.1) is 23.9 Å². The number of rotatable bonds is 4. The van der Waals surface area contributed by atoms with Gasteiger partial charge in [-0.2, -0.15) is 0 Å². The molecular formula is C19H17N3O3S. The first-order valence-electron chi connectivity index (χ1n) is 8.14. The summed E-state index contributed by atoms with van der Waals surface area (Å²) in [5, 5.41) is 3.54. The number of thiazole rings is 1. The number of nitrogens with one attached hydrogen (secondary N) is 1.